The van der Waals surface area contributed by atoms with E-state index in [0.29, 0.717) is 85.8 Å². The van der Waals surface area contributed by atoms with Crippen molar-refractivity contribution in [3.05, 3.63) is 113 Å². The zero-order valence-corrected chi connectivity index (χ0v) is 36.5. The van der Waals surface area contributed by atoms with Crippen LogP contribution in [0.15, 0.2) is 68.3 Å². The van der Waals surface area contributed by atoms with Crippen molar-refractivity contribution in [1.29, 1.82) is 0 Å². The average Bonchev–Trinajstić information content (AvgIpc) is 4.00. The molecule has 2 aromatic carbocycles. The molecule has 7 heterocycles. The number of aryl methyl sites for hydroxylation is 6. The fraction of sp³-hybridized carbons (Fsp3) is 0.404. The summed E-state index contributed by atoms with van der Waals surface area (Å²) >= 11 is 0. The van der Waals surface area contributed by atoms with E-state index in [1.807, 2.05) is 54.4 Å². The number of nitrogens with zero attached hydrogens (tertiary/aromatic N) is 9. The first-order valence-corrected chi connectivity index (χ1v) is 21.8. The van der Waals surface area contributed by atoms with E-state index in [4.69, 9.17) is 26.2 Å². The smallest absolute Gasteiger partial charge is 0.212 e. The normalized spacial score (nSPS) is 23.1. The third-order valence-corrected chi connectivity index (χ3v) is 12.7. The molecule has 6 aromatic rings. The Kier molecular flexibility index (Phi) is 10.7. The van der Waals surface area contributed by atoms with Gasteiger partial charge in [0.25, 0.3) is 0 Å². The van der Waals surface area contributed by atoms with Gasteiger partial charge in [-0.2, -0.15) is 10.2 Å². The number of hydrogen-bond donors (Lipinski definition) is 4. The third kappa shape index (κ3) is 7.41. The SMILES string of the molecule is C=C(N)c1cc2c3c(c1)nc(NC(=C)c1cc(C)nn1CC)n3C/C=C/Cn1c(NC(=C)c3cc(C)nn3CC)nc3cc4cc(c31)CCC(CC2)N1CC(C)OC(C1)C4(N)F. The van der Waals surface area contributed by atoms with Crippen molar-refractivity contribution < 1.29 is 9.13 Å². The van der Waals surface area contributed by atoms with Gasteiger partial charge in [0.15, 0.2) is 0 Å². The average molecular weight is 840 g/mol. The van der Waals surface area contributed by atoms with Gasteiger partial charge in [-0.05, 0) is 113 Å². The van der Waals surface area contributed by atoms with Crippen LogP contribution in [-0.4, -0.2) is 74.9 Å². The molecule has 1 fully saturated rings. The number of rotatable bonds is 9. The Bertz CT molecular complexity index is 2780. The number of ether oxygens (including phenoxy) is 1. The van der Waals surface area contributed by atoms with Crippen molar-refractivity contribution in [2.24, 2.45) is 11.5 Å². The van der Waals surface area contributed by atoms with Crippen molar-refractivity contribution in [3.8, 4) is 0 Å². The fourth-order valence-electron chi connectivity index (χ4n) is 9.71. The van der Waals surface area contributed by atoms with Crippen LogP contribution in [0.1, 0.15) is 78.6 Å². The Morgan fingerprint density at radius 1 is 0.806 bits per heavy atom. The van der Waals surface area contributed by atoms with Crippen LogP contribution in [0.4, 0.5) is 16.3 Å². The van der Waals surface area contributed by atoms with Crippen molar-refractivity contribution >= 4 is 51.1 Å². The van der Waals surface area contributed by atoms with Gasteiger partial charge in [-0.25, -0.2) is 14.4 Å². The van der Waals surface area contributed by atoms with E-state index in [0.717, 1.165) is 75.3 Å². The lowest BCUT2D eigenvalue weighted by molar-refractivity contribution is -0.151. The number of morpholine rings is 1. The van der Waals surface area contributed by atoms with Gasteiger partial charge in [0.05, 0.1) is 62.3 Å². The molecule has 6 N–H and O–H groups in total. The summed E-state index contributed by atoms with van der Waals surface area (Å²) < 4.78 is 32.0. The quantitative estimate of drug-likeness (QED) is 0.0866. The number of anilines is 2. The molecule has 0 aliphatic carbocycles. The van der Waals surface area contributed by atoms with Crippen LogP contribution in [0, 0.1) is 13.8 Å². The van der Waals surface area contributed by atoms with E-state index in [9.17, 15) is 0 Å². The van der Waals surface area contributed by atoms with Gasteiger partial charge in [0, 0.05) is 56.6 Å². The van der Waals surface area contributed by atoms with Gasteiger partial charge in [-0.3, -0.25) is 20.0 Å². The predicted molar refractivity (Wildman–Crippen MR) is 246 cm³/mol. The van der Waals surface area contributed by atoms with E-state index < -0.39 is 11.9 Å². The number of alkyl halides is 1. The first kappa shape index (κ1) is 41.3. The van der Waals surface area contributed by atoms with Crippen molar-refractivity contribution in [1.82, 2.24) is 43.6 Å². The molecular weight excluding hydrogens is 782 g/mol. The van der Waals surface area contributed by atoms with E-state index in [-0.39, 0.29) is 12.1 Å². The number of nitrogens with two attached hydrogens (primary N) is 2. The Balaban J connectivity index is 1.21. The zero-order chi connectivity index (χ0) is 43.6. The maximum absolute atomic E-state index is 17.4. The first-order valence-electron chi connectivity index (χ1n) is 21.8. The van der Waals surface area contributed by atoms with E-state index >= 15 is 4.39 Å². The maximum Gasteiger partial charge on any atom is 0.212 e. The summed E-state index contributed by atoms with van der Waals surface area (Å²) in [5, 5.41) is 16.4. The molecule has 3 aliphatic heterocycles. The van der Waals surface area contributed by atoms with Crippen LogP contribution in [0.5, 0.6) is 0 Å². The number of benzene rings is 2. The largest absolute Gasteiger partial charge is 0.399 e. The minimum Gasteiger partial charge on any atom is -0.399 e. The van der Waals surface area contributed by atoms with Crippen molar-refractivity contribution in [2.75, 3.05) is 23.7 Å². The molecule has 0 spiro atoms. The van der Waals surface area contributed by atoms with Crippen LogP contribution >= 0.6 is 0 Å². The van der Waals surface area contributed by atoms with Gasteiger partial charge in [-0.1, -0.05) is 31.9 Å². The molecule has 324 valence electrons. The van der Waals surface area contributed by atoms with Crippen LogP contribution in [-0.2, 0) is 49.6 Å². The highest BCUT2D eigenvalue weighted by Crippen LogP contribution is 2.39. The number of imidazole rings is 2. The lowest BCUT2D eigenvalue weighted by Gasteiger charge is -2.45. The highest BCUT2D eigenvalue weighted by molar-refractivity contribution is 5.88. The molecule has 62 heavy (non-hydrogen) atoms. The van der Waals surface area contributed by atoms with E-state index in [1.165, 1.54) is 0 Å². The molecule has 5 bridgehead atoms. The maximum atomic E-state index is 17.4. The number of allylic oxidation sites excluding steroid dienone is 2. The predicted octanol–water partition coefficient (Wildman–Crippen LogP) is 7.22. The second-order valence-corrected chi connectivity index (χ2v) is 17.2. The second-order valence-electron chi connectivity index (χ2n) is 17.2. The zero-order valence-electron chi connectivity index (χ0n) is 36.5. The Morgan fingerprint density at radius 3 is 1.87 bits per heavy atom. The van der Waals surface area contributed by atoms with Gasteiger partial charge >= 0.3 is 0 Å². The number of nitrogens with one attached hydrogen (secondary N) is 2. The van der Waals surface area contributed by atoms with E-state index in [1.54, 1.807) is 6.07 Å². The molecule has 5 atom stereocenters. The minimum absolute atomic E-state index is 0.0807. The van der Waals surface area contributed by atoms with Gasteiger partial charge in [0.2, 0.25) is 17.7 Å². The molecular formula is C47H58FN13O. The van der Waals surface area contributed by atoms with Crippen LogP contribution < -0.4 is 22.1 Å². The molecule has 14 nitrogen and oxygen atoms in total. The van der Waals surface area contributed by atoms with Crippen LogP contribution in [0.3, 0.4) is 0 Å². The second kappa shape index (κ2) is 16.0. The molecule has 0 saturated carbocycles. The van der Waals surface area contributed by atoms with E-state index in [2.05, 4.69) is 86.7 Å². The van der Waals surface area contributed by atoms with Crippen LogP contribution in [0.2, 0.25) is 0 Å². The summed E-state index contributed by atoms with van der Waals surface area (Å²) in [7, 11) is 0. The summed E-state index contributed by atoms with van der Waals surface area (Å²) in [5.41, 5.74) is 25.2. The fourth-order valence-corrected chi connectivity index (χ4v) is 9.71. The highest BCUT2D eigenvalue weighted by atomic mass is 19.1. The minimum atomic E-state index is -2.26. The summed E-state index contributed by atoms with van der Waals surface area (Å²) in [4.78, 5) is 12.8. The topological polar surface area (TPSA) is 160 Å². The van der Waals surface area contributed by atoms with Gasteiger partial charge in [0.1, 0.15) is 6.10 Å². The number of halogens is 1. The molecule has 4 aromatic heterocycles. The number of fused-ring (bicyclic) bond motifs is 6. The summed E-state index contributed by atoms with van der Waals surface area (Å²) in [6, 6.07) is 12.0. The molecule has 0 amide bonds. The molecule has 15 heteroatoms. The monoisotopic (exact) mass is 839 g/mol. The Labute approximate surface area is 361 Å². The first-order chi connectivity index (χ1) is 29.7. The molecule has 1 saturated heterocycles. The van der Waals surface area contributed by atoms with Gasteiger partial charge in [-0.15, -0.1) is 0 Å². The number of hydrogen-bond acceptors (Lipinski definition) is 10. The standard InChI is InChI=1S/C47H58FN13O/c1-9-60-40(19-27(3)55-60)31(7)51-45-53-38-23-35(30(6)49)21-33-13-15-37-16-14-34-22-36(47(48,50)42-26-57(37)25-29(5)62-42)24-39-44(34)59(18-12-11-17-58(45)43(33)38)46(54-39)52-32(8)41-20-28(4)56-61(41)10-2/h11-12,19-24,29,37,42H,6-10,13-18,25-26,49-50H2,1-5H3,(H,51,53)(H,52,54)/b12-11+. The molecule has 3 aliphatic rings. The molecule has 5 unspecified atom stereocenters. The molecule has 9 rings (SSSR count). The third-order valence-electron chi connectivity index (χ3n) is 12.7. The highest BCUT2D eigenvalue weighted by Gasteiger charge is 2.45. The Hall–Kier alpha value is -6.03. The summed E-state index contributed by atoms with van der Waals surface area (Å²) in [6.07, 6.45) is 6.23. The molecule has 0 radical (unpaired) electrons. The van der Waals surface area contributed by atoms with Crippen molar-refractivity contribution in [2.45, 2.75) is 111 Å². The van der Waals surface area contributed by atoms with Gasteiger partial charge < -0.3 is 30.2 Å². The lowest BCUT2D eigenvalue weighted by Crippen LogP contribution is -2.59. The summed E-state index contributed by atoms with van der Waals surface area (Å²) in [5.74, 6) is -1.02. The number of aromatic nitrogens is 8. The Morgan fingerprint density at radius 2 is 1.34 bits per heavy atom. The van der Waals surface area contributed by atoms with Crippen molar-refractivity contribution in [3.63, 3.8) is 0 Å². The lowest BCUT2D eigenvalue weighted by atomic mass is 9.89. The summed E-state index contributed by atoms with van der Waals surface area (Å²) in [6.45, 7) is 26.5. The van der Waals surface area contributed by atoms with Crippen LogP contribution in [0.25, 0.3) is 39.2 Å².